The fraction of sp³-hybridized carbons (Fsp3) is 0.500. The number of hydrogen-bond donors (Lipinski definition) is 0. The number of benzene rings is 1. The van der Waals surface area contributed by atoms with Crippen molar-refractivity contribution in [3.8, 4) is 0 Å². The van der Waals surface area contributed by atoms with Crippen molar-refractivity contribution in [3.63, 3.8) is 0 Å². The Kier molecular flexibility index (Phi) is 5.17. The Morgan fingerprint density at radius 2 is 1.83 bits per heavy atom. The van der Waals surface area contributed by atoms with E-state index in [9.17, 15) is 4.79 Å². The third kappa shape index (κ3) is 4.47. The van der Waals surface area contributed by atoms with Crippen molar-refractivity contribution in [1.82, 2.24) is 5.06 Å². The second-order valence-electron chi connectivity index (χ2n) is 4.41. The van der Waals surface area contributed by atoms with Crippen LogP contribution in [0.5, 0.6) is 0 Å². The molecule has 2 rings (SSSR count). The van der Waals surface area contributed by atoms with Gasteiger partial charge in [-0.1, -0.05) is 36.8 Å². The molecule has 4 nitrogen and oxygen atoms in total. The lowest BCUT2D eigenvalue weighted by Crippen LogP contribution is -2.32. The van der Waals surface area contributed by atoms with Gasteiger partial charge in [-0.15, -0.1) is 0 Å². The van der Waals surface area contributed by atoms with Crippen molar-refractivity contribution in [2.75, 3.05) is 19.7 Å². The van der Waals surface area contributed by atoms with Crippen LogP contribution < -0.4 is 0 Å². The van der Waals surface area contributed by atoms with E-state index in [2.05, 4.69) is 0 Å². The molecule has 18 heavy (non-hydrogen) atoms. The average Bonchev–Trinajstić information content (AvgIpc) is 2.45. The SMILES string of the molecule is O=C(CON1CCCCC1)OCc1ccccc1. The molecule has 4 heteroatoms. The summed E-state index contributed by atoms with van der Waals surface area (Å²) in [5.74, 6) is -0.315. The minimum atomic E-state index is -0.315. The zero-order chi connectivity index (χ0) is 12.6. The zero-order valence-electron chi connectivity index (χ0n) is 10.5. The van der Waals surface area contributed by atoms with Gasteiger partial charge in [0.25, 0.3) is 0 Å². The van der Waals surface area contributed by atoms with E-state index in [1.165, 1.54) is 6.42 Å². The highest BCUT2D eigenvalue weighted by Gasteiger charge is 2.12. The van der Waals surface area contributed by atoms with Gasteiger partial charge in [-0.3, -0.25) is 4.84 Å². The fourth-order valence-corrected chi connectivity index (χ4v) is 1.92. The molecule has 1 heterocycles. The smallest absolute Gasteiger partial charge is 0.334 e. The molecule has 1 aliphatic rings. The first-order chi connectivity index (χ1) is 8.84. The van der Waals surface area contributed by atoms with Gasteiger partial charge in [0.05, 0.1) is 0 Å². The number of hydrogen-bond acceptors (Lipinski definition) is 4. The topological polar surface area (TPSA) is 38.8 Å². The van der Waals surface area contributed by atoms with Crippen LogP contribution in [0.3, 0.4) is 0 Å². The van der Waals surface area contributed by atoms with Crippen molar-refractivity contribution in [2.45, 2.75) is 25.9 Å². The monoisotopic (exact) mass is 249 g/mol. The van der Waals surface area contributed by atoms with E-state index in [0.717, 1.165) is 31.5 Å². The normalized spacial score (nSPS) is 16.4. The number of ether oxygens (including phenoxy) is 1. The highest BCUT2D eigenvalue weighted by Crippen LogP contribution is 2.08. The molecule has 1 saturated heterocycles. The number of rotatable bonds is 5. The molecule has 0 bridgehead atoms. The molecule has 1 aromatic carbocycles. The Bertz CT molecular complexity index is 361. The van der Waals surface area contributed by atoms with Gasteiger partial charge < -0.3 is 4.74 Å². The minimum Gasteiger partial charge on any atom is -0.459 e. The van der Waals surface area contributed by atoms with Gasteiger partial charge >= 0.3 is 5.97 Å². The van der Waals surface area contributed by atoms with E-state index < -0.39 is 0 Å². The van der Waals surface area contributed by atoms with Crippen LogP contribution in [0.1, 0.15) is 24.8 Å². The molecule has 0 atom stereocenters. The first-order valence-electron chi connectivity index (χ1n) is 6.42. The van der Waals surface area contributed by atoms with Crippen molar-refractivity contribution in [3.05, 3.63) is 35.9 Å². The average molecular weight is 249 g/mol. The van der Waals surface area contributed by atoms with E-state index in [1.807, 2.05) is 35.4 Å². The van der Waals surface area contributed by atoms with Gasteiger partial charge in [0.1, 0.15) is 6.61 Å². The molecule has 0 radical (unpaired) electrons. The standard InChI is InChI=1S/C14H19NO3/c16-14(12-18-15-9-5-2-6-10-15)17-11-13-7-3-1-4-8-13/h1,3-4,7-8H,2,5-6,9-12H2. The van der Waals surface area contributed by atoms with Gasteiger partial charge in [0, 0.05) is 13.1 Å². The number of piperidine rings is 1. The summed E-state index contributed by atoms with van der Waals surface area (Å²) < 4.78 is 5.13. The summed E-state index contributed by atoms with van der Waals surface area (Å²) in [5, 5.41) is 1.85. The first kappa shape index (κ1) is 13.1. The molecule has 0 aliphatic carbocycles. The predicted molar refractivity (Wildman–Crippen MR) is 67.6 cm³/mol. The highest BCUT2D eigenvalue weighted by molar-refractivity contribution is 5.70. The van der Waals surface area contributed by atoms with Crippen LogP contribution in [-0.4, -0.2) is 30.7 Å². The Morgan fingerprint density at radius 1 is 1.11 bits per heavy atom. The van der Waals surface area contributed by atoms with Crippen molar-refractivity contribution in [1.29, 1.82) is 0 Å². The summed E-state index contributed by atoms with van der Waals surface area (Å²) >= 11 is 0. The van der Waals surface area contributed by atoms with E-state index >= 15 is 0 Å². The van der Waals surface area contributed by atoms with Crippen LogP contribution in [0.2, 0.25) is 0 Å². The molecule has 0 saturated carbocycles. The molecule has 98 valence electrons. The van der Waals surface area contributed by atoms with Gasteiger partial charge in [-0.2, -0.15) is 5.06 Å². The number of carbonyl (C=O) groups is 1. The summed E-state index contributed by atoms with van der Waals surface area (Å²) in [4.78, 5) is 16.9. The minimum absolute atomic E-state index is 0.00678. The Hall–Kier alpha value is -1.39. The molecule has 0 N–H and O–H groups in total. The van der Waals surface area contributed by atoms with E-state index in [1.54, 1.807) is 0 Å². The second kappa shape index (κ2) is 7.13. The maximum Gasteiger partial charge on any atom is 0.334 e. The maximum atomic E-state index is 11.5. The lowest BCUT2D eigenvalue weighted by atomic mass is 10.2. The van der Waals surface area contributed by atoms with Crippen LogP contribution in [0.15, 0.2) is 30.3 Å². The predicted octanol–water partition coefficient (Wildman–Crippen LogP) is 2.15. The summed E-state index contributed by atoms with van der Waals surface area (Å²) in [6.07, 6.45) is 3.52. The van der Waals surface area contributed by atoms with Crippen LogP contribution in [0.4, 0.5) is 0 Å². The number of carbonyl (C=O) groups excluding carboxylic acids is 1. The van der Waals surface area contributed by atoms with Crippen LogP contribution in [0.25, 0.3) is 0 Å². The van der Waals surface area contributed by atoms with Crippen molar-refractivity contribution in [2.24, 2.45) is 0 Å². The number of esters is 1. The lowest BCUT2D eigenvalue weighted by Gasteiger charge is -2.24. The molecule has 0 amide bonds. The maximum absolute atomic E-state index is 11.5. The second-order valence-corrected chi connectivity index (χ2v) is 4.41. The number of hydroxylamine groups is 2. The van der Waals surface area contributed by atoms with Crippen LogP contribution >= 0.6 is 0 Å². The molecule has 0 aromatic heterocycles. The third-order valence-electron chi connectivity index (χ3n) is 2.92. The zero-order valence-corrected chi connectivity index (χ0v) is 10.5. The molecule has 1 aromatic rings. The van der Waals surface area contributed by atoms with E-state index in [0.29, 0.717) is 6.61 Å². The summed E-state index contributed by atoms with van der Waals surface area (Å²) in [7, 11) is 0. The Labute approximate surface area is 107 Å². The quantitative estimate of drug-likeness (QED) is 0.749. The van der Waals surface area contributed by atoms with Crippen molar-refractivity contribution < 1.29 is 14.4 Å². The Morgan fingerprint density at radius 3 is 2.56 bits per heavy atom. The molecule has 1 fully saturated rings. The summed E-state index contributed by atoms with van der Waals surface area (Å²) in [6.45, 7) is 2.13. The number of nitrogens with zero attached hydrogens (tertiary/aromatic N) is 1. The molecular weight excluding hydrogens is 230 g/mol. The van der Waals surface area contributed by atoms with Gasteiger partial charge in [0.15, 0.2) is 6.61 Å². The lowest BCUT2D eigenvalue weighted by molar-refractivity contribution is -0.190. The van der Waals surface area contributed by atoms with E-state index in [4.69, 9.17) is 9.57 Å². The molecule has 0 unspecified atom stereocenters. The molecular formula is C14H19NO3. The van der Waals surface area contributed by atoms with Crippen LogP contribution in [-0.2, 0) is 21.0 Å². The summed E-state index contributed by atoms with van der Waals surface area (Å²) in [5.41, 5.74) is 0.990. The molecule has 1 aliphatic heterocycles. The van der Waals surface area contributed by atoms with Gasteiger partial charge in [-0.05, 0) is 18.4 Å². The van der Waals surface area contributed by atoms with Gasteiger partial charge in [0.2, 0.25) is 0 Å². The largest absolute Gasteiger partial charge is 0.459 e. The van der Waals surface area contributed by atoms with E-state index in [-0.39, 0.29) is 12.6 Å². The third-order valence-corrected chi connectivity index (χ3v) is 2.92. The highest BCUT2D eigenvalue weighted by atomic mass is 16.7. The fourth-order valence-electron chi connectivity index (χ4n) is 1.92. The van der Waals surface area contributed by atoms with Crippen molar-refractivity contribution >= 4 is 5.97 Å². The summed E-state index contributed by atoms with van der Waals surface area (Å²) in [6, 6.07) is 9.64. The Balaban J connectivity index is 1.63. The first-order valence-corrected chi connectivity index (χ1v) is 6.42. The van der Waals surface area contributed by atoms with Crippen LogP contribution in [0, 0.1) is 0 Å². The van der Waals surface area contributed by atoms with Gasteiger partial charge in [-0.25, -0.2) is 4.79 Å². The molecule has 0 spiro atoms.